The quantitative estimate of drug-likeness (QED) is 0.300. The number of anilines is 1. The Labute approximate surface area is 220 Å². The van der Waals surface area contributed by atoms with Crippen molar-refractivity contribution in [3.05, 3.63) is 52.7 Å². The van der Waals surface area contributed by atoms with Crippen molar-refractivity contribution in [1.82, 2.24) is 20.3 Å². The molecule has 38 heavy (non-hydrogen) atoms. The highest BCUT2D eigenvalue weighted by Crippen LogP contribution is 2.27. The van der Waals surface area contributed by atoms with E-state index < -0.39 is 23.9 Å². The summed E-state index contributed by atoms with van der Waals surface area (Å²) in [6.07, 6.45) is 4.11. The summed E-state index contributed by atoms with van der Waals surface area (Å²) in [4.78, 5) is 48.9. The van der Waals surface area contributed by atoms with Gasteiger partial charge in [-0.3, -0.25) is 9.59 Å². The number of carbonyl (C=O) groups excluding carboxylic acids is 3. The van der Waals surface area contributed by atoms with Crippen LogP contribution in [0.1, 0.15) is 60.2 Å². The molecule has 2 heterocycles. The van der Waals surface area contributed by atoms with Gasteiger partial charge in [0, 0.05) is 18.2 Å². The first-order chi connectivity index (χ1) is 18.2. The summed E-state index contributed by atoms with van der Waals surface area (Å²) in [6.45, 7) is 5.67. The van der Waals surface area contributed by atoms with Gasteiger partial charge in [0.15, 0.2) is 5.65 Å². The van der Waals surface area contributed by atoms with E-state index in [0.717, 1.165) is 36.0 Å². The van der Waals surface area contributed by atoms with Crippen molar-refractivity contribution in [2.45, 2.75) is 58.9 Å². The Hall–Kier alpha value is -4.28. The number of ether oxygens (including phenoxy) is 2. The first-order valence-corrected chi connectivity index (χ1v) is 12.6. The number of hydrogen-bond donors (Lipinski definition) is 3. The van der Waals surface area contributed by atoms with Crippen molar-refractivity contribution in [1.29, 1.82) is 0 Å². The molecule has 0 aliphatic heterocycles. The maximum absolute atomic E-state index is 12.8. The number of carbonyl (C=O) groups is 3. The van der Waals surface area contributed by atoms with Crippen molar-refractivity contribution in [2.24, 2.45) is 0 Å². The minimum Gasteiger partial charge on any atom is -0.493 e. The van der Waals surface area contributed by atoms with Crippen molar-refractivity contribution >= 4 is 34.8 Å². The zero-order chi connectivity index (χ0) is 27.7. The molecule has 202 valence electrons. The highest BCUT2D eigenvalue weighted by molar-refractivity contribution is 5.97. The van der Waals surface area contributed by atoms with Crippen molar-refractivity contribution in [3.8, 4) is 5.88 Å². The van der Waals surface area contributed by atoms with E-state index >= 15 is 0 Å². The molecule has 0 aliphatic rings. The van der Waals surface area contributed by atoms with Crippen LogP contribution in [0.5, 0.6) is 5.88 Å². The highest BCUT2D eigenvalue weighted by Gasteiger charge is 2.24. The zero-order valence-corrected chi connectivity index (χ0v) is 21.8. The fourth-order valence-corrected chi connectivity index (χ4v) is 4.07. The molecule has 2 aromatic heterocycles. The van der Waals surface area contributed by atoms with E-state index in [1.807, 2.05) is 19.1 Å². The van der Waals surface area contributed by atoms with Gasteiger partial charge in [-0.2, -0.15) is 9.97 Å². The summed E-state index contributed by atoms with van der Waals surface area (Å²) >= 11 is 0. The molecule has 1 atom stereocenters. The number of hydrogen-bond acceptors (Lipinski definition) is 10. The molecule has 11 nitrogen and oxygen atoms in total. The number of benzene rings is 1. The second kappa shape index (κ2) is 13.3. The molecule has 1 amide bonds. The number of rotatable bonds is 12. The Bertz CT molecular complexity index is 1300. The first kappa shape index (κ1) is 28.3. The summed E-state index contributed by atoms with van der Waals surface area (Å²) in [7, 11) is 0. The number of nitrogens with two attached hydrogens (primary N) is 1. The van der Waals surface area contributed by atoms with E-state index in [1.54, 1.807) is 32.2 Å². The maximum Gasteiger partial charge on any atom is 0.328 e. The molecule has 0 radical (unpaired) electrons. The van der Waals surface area contributed by atoms with Gasteiger partial charge in [0.2, 0.25) is 11.8 Å². The molecule has 0 saturated heterocycles. The number of pyridine rings is 1. The molecule has 0 fully saturated rings. The van der Waals surface area contributed by atoms with Gasteiger partial charge in [-0.1, -0.05) is 12.1 Å². The summed E-state index contributed by atoms with van der Waals surface area (Å²) < 4.78 is 9.94. The molecule has 4 N–H and O–H groups in total. The van der Waals surface area contributed by atoms with Crippen LogP contribution in [0.25, 0.3) is 11.0 Å². The van der Waals surface area contributed by atoms with Crippen LogP contribution < -0.4 is 11.1 Å². The van der Waals surface area contributed by atoms with Crippen molar-refractivity contribution in [3.63, 3.8) is 0 Å². The maximum atomic E-state index is 12.8. The van der Waals surface area contributed by atoms with Gasteiger partial charge in [-0.15, -0.1) is 0 Å². The lowest BCUT2D eigenvalue weighted by Gasteiger charge is -2.17. The molecule has 11 heteroatoms. The summed E-state index contributed by atoms with van der Waals surface area (Å²) in [6, 6.07) is 6.16. The lowest BCUT2D eigenvalue weighted by molar-refractivity contribution is -0.146. The van der Waals surface area contributed by atoms with Gasteiger partial charge in [0.25, 0.3) is 5.91 Å². The molecule has 0 aliphatic carbocycles. The van der Waals surface area contributed by atoms with Gasteiger partial charge >= 0.3 is 11.9 Å². The van der Waals surface area contributed by atoms with Gasteiger partial charge in [0.05, 0.1) is 18.6 Å². The minimum atomic E-state index is -0.952. The van der Waals surface area contributed by atoms with Crippen LogP contribution in [-0.4, -0.2) is 57.2 Å². The first-order valence-electron chi connectivity index (χ1n) is 12.6. The van der Waals surface area contributed by atoms with Crippen LogP contribution in [0.15, 0.2) is 30.5 Å². The van der Waals surface area contributed by atoms with Gasteiger partial charge < -0.3 is 25.6 Å². The second-order valence-electron chi connectivity index (χ2n) is 8.68. The minimum absolute atomic E-state index is 0.0105. The Kier molecular flexibility index (Phi) is 9.92. The van der Waals surface area contributed by atoms with Crippen LogP contribution >= 0.6 is 0 Å². The molecule has 0 saturated carbocycles. The molecule has 0 spiro atoms. The number of nitrogens with one attached hydrogen (secondary N) is 1. The molecule has 0 unspecified atom stereocenters. The Morgan fingerprint density at radius 2 is 1.76 bits per heavy atom. The lowest BCUT2D eigenvalue weighted by atomic mass is 10.00. The Morgan fingerprint density at radius 1 is 1.05 bits per heavy atom. The van der Waals surface area contributed by atoms with E-state index in [1.165, 1.54) is 0 Å². The number of nitrogen functional groups attached to an aromatic ring is 1. The molecule has 1 aromatic carbocycles. The topological polar surface area (TPSA) is 167 Å². The highest BCUT2D eigenvalue weighted by atomic mass is 16.5. The van der Waals surface area contributed by atoms with Gasteiger partial charge in [-0.05, 0) is 75.3 Å². The third kappa shape index (κ3) is 7.37. The lowest BCUT2D eigenvalue weighted by Crippen LogP contribution is -2.42. The summed E-state index contributed by atoms with van der Waals surface area (Å²) in [5.74, 6) is -1.67. The van der Waals surface area contributed by atoms with Crippen LogP contribution in [0.4, 0.5) is 5.95 Å². The molecule has 0 bridgehead atoms. The van der Waals surface area contributed by atoms with Crippen LogP contribution in [0, 0.1) is 6.92 Å². The largest absolute Gasteiger partial charge is 0.493 e. The third-order valence-corrected chi connectivity index (χ3v) is 6.03. The standard InChI is InChI=1S/C27H33N5O6/c1-4-37-21(33)14-13-20(26(36)38-5-2)30-24(34)18-11-9-17(10-12-18)7-6-8-19-15-29-23-22(16(19)3)25(35)32-27(28)31-23/h9-12,15,20H,4-8,13-14H2,1-3H3,(H,30,34)(H3,28,29,31,32,35)/t20-/m1/s1. The van der Waals surface area contributed by atoms with E-state index in [9.17, 15) is 19.5 Å². The van der Waals surface area contributed by atoms with E-state index in [-0.39, 0.29) is 37.9 Å². The number of esters is 2. The smallest absolute Gasteiger partial charge is 0.328 e. The van der Waals surface area contributed by atoms with Gasteiger partial charge in [0.1, 0.15) is 6.04 Å². The monoisotopic (exact) mass is 523 g/mol. The van der Waals surface area contributed by atoms with Crippen molar-refractivity contribution < 1.29 is 29.0 Å². The SMILES string of the molecule is CCOC(=O)CC[C@@H](NC(=O)c1ccc(CCCc2cnc3nc(N)nc(O)c3c2C)cc1)C(=O)OCC. The number of amides is 1. The van der Waals surface area contributed by atoms with Gasteiger partial charge in [-0.25, -0.2) is 9.78 Å². The van der Waals surface area contributed by atoms with Crippen LogP contribution in [0.2, 0.25) is 0 Å². The zero-order valence-electron chi connectivity index (χ0n) is 21.8. The third-order valence-electron chi connectivity index (χ3n) is 6.03. The summed E-state index contributed by atoms with van der Waals surface area (Å²) in [5.41, 5.74) is 9.21. The molecule has 3 aromatic rings. The number of aryl methyl sites for hydroxylation is 3. The summed E-state index contributed by atoms with van der Waals surface area (Å²) in [5, 5.41) is 13.3. The number of aromatic hydroxyl groups is 1. The predicted molar refractivity (Wildman–Crippen MR) is 140 cm³/mol. The van der Waals surface area contributed by atoms with E-state index in [0.29, 0.717) is 16.6 Å². The number of nitrogens with zero attached hydrogens (tertiary/aromatic N) is 3. The van der Waals surface area contributed by atoms with Crippen LogP contribution in [-0.2, 0) is 31.9 Å². The molecular formula is C27H33N5O6. The normalized spacial score (nSPS) is 11.7. The average molecular weight is 524 g/mol. The molecule has 3 rings (SSSR count). The molecular weight excluding hydrogens is 490 g/mol. The average Bonchev–Trinajstić information content (AvgIpc) is 2.88. The van der Waals surface area contributed by atoms with E-state index in [4.69, 9.17) is 15.2 Å². The Morgan fingerprint density at radius 3 is 2.45 bits per heavy atom. The van der Waals surface area contributed by atoms with Crippen LogP contribution in [0.3, 0.4) is 0 Å². The predicted octanol–water partition coefficient (Wildman–Crippen LogP) is 2.80. The number of aromatic nitrogens is 3. The number of fused-ring (bicyclic) bond motifs is 1. The van der Waals surface area contributed by atoms with Crippen molar-refractivity contribution in [2.75, 3.05) is 18.9 Å². The Balaban J connectivity index is 1.58. The fourth-order valence-electron chi connectivity index (χ4n) is 4.07. The second-order valence-corrected chi connectivity index (χ2v) is 8.68. The van der Waals surface area contributed by atoms with E-state index in [2.05, 4.69) is 20.3 Å². The fraction of sp³-hybridized carbons (Fsp3) is 0.407.